The zero-order chi connectivity index (χ0) is 26.7. The molecule has 5 unspecified atom stereocenters. The van der Waals surface area contributed by atoms with Crippen LogP contribution in [0.2, 0.25) is 5.02 Å². The van der Waals surface area contributed by atoms with Gasteiger partial charge in [-0.15, -0.1) is 0 Å². The second-order valence-electron chi connectivity index (χ2n) is 9.89. The fourth-order valence-corrected chi connectivity index (χ4v) is 5.83. The summed E-state index contributed by atoms with van der Waals surface area (Å²) in [5.41, 5.74) is 2.34. The van der Waals surface area contributed by atoms with Crippen molar-refractivity contribution in [1.29, 1.82) is 0 Å². The summed E-state index contributed by atoms with van der Waals surface area (Å²) in [4.78, 5) is 23.6. The third-order valence-corrected chi connectivity index (χ3v) is 7.78. The van der Waals surface area contributed by atoms with Crippen LogP contribution in [0.25, 0.3) is 10.8 Å². The van der Waals surface area contributed by atoms with Crippen molar-refractivity contribution < 1.29 is 28.5 Å². The largest absolute Gasteiger partial charge is 0.489 e. The molecule has 4 rings (SSSR count). The number of halogens is 1. The van der Waals surface area contributed by atoms with E-state index in [9.17, 15) is 9.59 Å². The first kappa shape index (κ1) is 27.1. The van der Waals surface area contributed by atoms with Gasteiger partial charge in [0, 0.05) is 39.1 Å². The molecule has 2 aliphatic carbocycles. The van der Waals surface area contributed by atoms with Crippen LogP contribution in [-0.2, 0) is 19.1 Å². The summed E-state index contributed by atoms with van der Waals surface area (Å²) in [6.45, 7) is 13.6. The van der Waals surface area contributed by atoms with Gasteiger partial charge in [0.25, 0.3) is 0 Å². The van der Waals surface area contributed by atoms with E-state index >= 15 is 0 Å². The number of hydrogen-bond acceptors (Lipinski definition) is 6. The number of rotatable bonds is 12. The van der Waals surface area contributed by atoms with Crippen LogP contribution in [0.4, 0.5) is 0 Å². The Bertz CT molecular complexity index is 1200. The smallest absolute Gasteiger partial charge is 0.330 e. The highest BCUT2D eigenvalue weighted by Crippen LogP contribution is 2.63. The maximum absolute atomic E-state index is 11.8. The third kappa shape index (κ3) is 5.49. The number of fused-ring (bicyclic) bond motifs is 6. The van der Waals surface area contributed by atoms with E-state index < -0.39 is 18.0 Å². The van der Waals surface area contributed by atoms with Crippen LogP contribution >= 0.6 is 11.6 Å². The van der Waals surface area contributed by atoms with Crippen molar-refractivity contribution >= 4 is 34.3 Å². The van der Waals surface area contributed by atoms with Gasteiger partial charge in [-0.1, -0.05) is 45.5 Å². The van der Waals surface area contributed by atoms with Crippen molar-refractivity contribution in [2.24, 2.45) is 5.92 Å². The number of hydrogen-bond donors (Lipinski definition) is 0. The molecule has 1 fully saturated rings. The van der Waals surface area contributed by atoms with Gasteiger partial charge in [0.2, 0.25) is 0 Å². The van der Waals surface area contributed by atoms with Crippen LogP contribution in [0.1, 0.15) is 69.4 Å². The van der Waals surface area contributed by atoms with E-state index in [4.69, 9.17) is 30.5 Å². The van der Waals surface area contributed by atoms with E-state index in [0.29, 0.717) is 35.6 Å². The molecule has 2 aliphatic rings. The van der Waals surface area contributed by atoms with Crippen molar-refractivity contribution in [1.82, 2.24) is 0 Å². The zero-order valence-electron chi connectivity index (χ0n) is 21.8. The molecule has 2 aromatic carbocycles. The molecule has 0 aromatic heterocycles. The molecule has 0 aliphatic heterocycles. The normalized spacial score (nSPS) is 21.1. The third-order valence-electron chi connectivity index (χ3n) is 7.55. The van der Waals surface area contributed by atoms with E-state index in [0.717, 1.165) is 46.8 Å². The summed E-state index contributed by atoms with van der Waals surface area (Å²) < 4.78 is 23.9. The average molecular weight is 527 g/mol. The Balaban J connectivity index is 1.76. The Morgan fingerprint density at radius 3 is 2.05 bits per heavy atom. The number of benzene rings is 2. The lowest BCUT2D eigenvalue weighted by Gasteiger charge is -2.29. The van der Waals surface area contributed by atoms with Gasteiger partial charge in [0.05, 0.1) is 0 Å². The SMILES string of the molecule is C=CC(=O)OC(CC)COc1c2c(c(OCC(CC)OC(=O)C=C)c3ccc(Cl)cc13)C1CC2CC1C. The predicted octanol–water partition coefficient (Wildman–Crippen LogP) is 6.88. The van der Waals surface area contributed by atoms with Gasteiger partial charge in [0.15, 0.2) is 0 Å². The summed E-state index contributed by atoms with van der Waals surface area (Å²) in [7, 11) is 0. The van der Waals surface area contributed by atoms with Crippen LogP contribution in [0.5, 0.6) is 11.5 Å². The van der Waals surface area contributed by atoms with E-state index in [1.165, 1.54) is 11.6 Å². The van der Waals surface area contributed by atoms with Gasteiger partial charge in [-0.2, -0.15) is 0 Å². The van der Waals surface area contributed by atoms with Gasteiger partial charge in [0.1, 0.15) is 36.9 Å². The van der Waals surface area contributed by atoms with Crippen molar-refractivity contribution in [3.05, 3.63) is 59.7 Å². The molecule has 2 bridgehead atoms. The zero-order valence-corrected chi connectivity index (χ0v) is 22.5. The monoisotopic (exact) mass is 526 g/mol. The maximum Gasteiger partial charge on any atom is 0.330 e. The number of esters is 2. The van der Waals surface area contributed by atoms with Crippen molar-refractivity contribution in [2.45, 2.75) is 70.5 Å². The van der Waals surface area contributed by atoms with Crippen molar-refractivity contribution in [2.75, 3.05) is 13.2 Å². The molecular formula is C30H35ClO6. The Labute approximate surface area is 223 Å². The molecule has 5 atom stereocenters. The highest BCUT2D eigenvalue weighted by Gasteiger charge is 2.46. The molecular weight excluding hydrogens is 492 g/mol. The summed E-state index contributed by atoms with van der Waals surface area (Å²) >= 11 is 6.45. The van der Waals surface area contributed by atoms with Crippen molar-refractivity contribution in [3.63, 3.8) is 0 Å². The van der Waals surface area contributed by atoms with Gasteiger partial charge >= 0.3 is 11.9 Å². The Morgan fingerprint density at radius 1 is 0.946 bits per heavy atom. The van der Waals surface area contributed by atoms with Crippen LogP contribution in [0, 0.1) is 5.92 Å². The number of carbonyl (C=O) groups is 2. The molecule has 0 radical (unpaired) electrons. The van der Waals surface area contributed by atoms with Gasteiger partial charge in [-0.25, -0.2) is 9.59 Å². The minimum atomic E-state index is -0.465. The fourth-order valence-electron chi connectivity index (χ4n) is 5.66. The number of carbonyl (C=O) groups excluding carboxylic acids is 2. The molecule has 0 heterocycles. The lowest BCUT2D eigenvalue weighted by atomic mass is 9.82. The minimum absolute atomic E-state index is 0.229. The highest BCUT2D eigenvalue weighted by atomic mass is 35.5. The Morgan fingerprint density at radius 2 is 1.51 bits per heavy atom. The van der Waals surface area contributed by atoms with Gasteiger partial charge in [-0.3, -0.25) is 0 Å². The first-order valence-electron chi connectivity index (χ1n) is 13.0. The molecule has 0 spiro atoms. The van der Waals surface area contributed by atoms with Crippen LogP contribution in [0.3, 0.4) is 0 Å². The lowest BCUT2D eigenvalue weighted by Crippen LogP contribution is -2.25. The van der Waals surface area contributed by atoms with Crippen LogP contribution in [0.15, 0.2) is 43.5 Å². The maximum atomic E-state index is 11.8. The molecule has 198 valence electrons. The fraction of sp³-hybridized carbons (Fsp3) is 0.467. The highest BCUT2D eigenvalue weighted by molar-refractivity contribution is 6.31. The lowest BCUT2D eigenvalue weighted by molar-refractivity contribution is -0.145. The van der Waals surface area contributed by atoms with E-state index in [-0.39, 0.29) is 19.3 Å². The minimum Gasteiger partial charge on any atom is -0.489 e. The molecule has 2 aromatic rings. The topological polar surface area (TPSA) is 71.1 Å². The molecule has 1 saturated carbocycles. The van der Waals surface area contributed by atoms with E-state index in [1.54, 1.807) is 0 Å². The van der Waals surface area contributed by atoms with Crippen LogP contribution in [-0.4, -0.2) is 37.4 Å². The molecule has 0 saturated heterocycles. The van der Waals surface area contributed by atoms with Gasteiger partial charge in [-0.05, 0) is 61.6 Å². The second kappa shape index (κ2) is 11.6. The first-order chi connectivity index (χ1) is 17.8. The number of ether oxygens (including phenoxy) is 4. The average Bonchev–Trinajstić information content (AvgIpc) is 3.46. The molecule has 6 nitrogen and oxygen atoms in total. The van der Waals surface area contributed by atoms with E-state index in [2.05, 4.69) is 20.1 Å². The Kier molecular flexibility index (Phi) is 8.48. The first-order valence-corrected chi connectivity index (χ1v) is 13.4. The Hall–Kier alpha value is -2.99. The quantitative estimate of drug-likeness (QED) is 0.222. The van der Waals surface area contributed by atoms with Crippen LogP contribution < -0.4 is 9.47 Å². The summed E-state index contributed by atoms with van der Waals surface area (Å²) in [6.07, 6.45) is 4.91. The van der Waals surface area contributed by atoms with Gasteiger partial charge < -0.3 is 18.9 Å². The van der Waals surface area contributed by atoms with Crippen molar-refractivity contribution in [3.8, 4) is 11.5 Å². The standard InChI is InChI=1S/C30H35ClO6/c1-6-20(36-25(32)8-3)15-34-29-22-11-10-19(31)14-24(22)30(35-16-21(7-2)37-26(33)9-4)27-18-12-17(5)23(13-18)28(27)29/h8-11,14,17-18,20-21,23H,3-4,6-7,12-13,15-16H2,1-2,5H3. The molecule has 37 heavy (non-hydrogen) atoms. The summed E-state index contributed by atoms with van der Waals surface area (Å²) in [6, 6.07) is 5.71. The summed E-state index contributed by atoms with van der Waals surface area (Å²) in [5, 5.41) is 2.36. The van der Waals surface area contributed by atoms with E-state index in [1.807, 2.05) is 32.0 Å². The molecule has 0 amide bonds. The summed E-state index contributed by atoms with van der Waals surface area (Å²) in [5.74, 6) is 1.91. The molecule has 7 heteroatoms. The predicted molar refractivity (Wildman–Crippen MR) is 145 cm³/mol. The molecule has 0 N–H and O–H groups in total. The second-order valence-corrected chi connectivity index (χ2v) is 10.3.